The van der Waals surface area contributed by atoms with E-state index in [-0.39, 0.29) is 17.7 Å². The van der Waals surface area contributed by atoms with E-state index in [2.05, 4.69) is 22.8 Å². The quantitative estimate of drug-likeness (QED) is 0.439. The summed E-state index contributed by atoms with van der Waals surface area (Å²) in [5.41, 5.74) is 1.70. The molecule has 0 saturated heterocycles. The number of benzene rings is 3. The van der Waals surface area contributed by atoms with Crippen LogP contribution in [0.3, 0.4) is 0 Å². The zero-order valence-corrected chi connectivity index (χ0v) is 18.2. The Morgan fingerprint density at radius 3 is 2.61 bits per heavy atom. The zero-order valence-electron chi connectivity index (χ0n) is 18.2. The molecule has 1 atom stereocenters. The molecule has 162 valence electrons. The second kappa shape index (κ2) is 11.2. The molecule has 3 aromatic rings. The fourth-order valence-electron chi connectivity index (χ4n) is 3.24. The molecule has 3 rings (SSSR count). The van der Waals surface area contributed by atoms with Crippen LogP contribution in [-0.4, -0.2) is 18.4 Å². The number of ether oxygens (including phenoxy) is 1. The van der Waals surface area contributed by atoms with Crippen LogP contribution in [0.4, 0.5) is 5.69 Å². The van der Waals surface area contributed by atoms with Crippen LogP contribution in [0.1, 0.15) is 38.7 Å². The molecule has 31 heavy (non-hydrogen) atoms. The number of rotatable bonds is 10. The van der Waals surface area contributed by atoms with E-state index >= 15 is 0 Å². The number of anilines is 1. The molecule has 5 heteroatoms. The molecule has 3 aromatic carbocycles. The van der Waals surface area contributed by atoms with Crippen molar-refractivity contribution >= 4 is 28.3 Å². The molecule has 0 saturated carbocycles. The third-order valence-corrected chi connectivity index (χ3v) is 5.30. The molecule has 0 aliphatic heterocycles. The first-order chi connectivity index (χ1) is 15.1. The minimum absolute atomic E-state index is 0.00915. The van der Waals surface area contributed by atoms with E-state index in [9.17, 15) is 9.59 Å². The van der Waals surface area contributed by atoms with Crippen molar-refractivity contribution in [2.75, 3.05) is 11.9 Å². The Morgan fingerprint density at radius 1 is 1.00 bits per heavy atom. The van der Waals surface area contributed by atoms with Gasteiger partial charge in [-0.25, -0.2) is 0 Å². The highest BCUT2D eigenvalue weighted by atomic mass is 16.5. The SMILES string of the molecule is CCC(C)C(=O)Nc1cccc(CNC(=O)CCCOc2cccc3ccccc23)c1. The first-order valence-corrected chi connectivity index (χ1v) is 10.8. The fourth-order valence-corrected chi connectivity index (χ4v) is 3.24. The summed E-state index contributed by atoms with van der Waals surface area (Å²) in [5.74, 6) is 0.805. The maximum absolute atomic E-state index is 12.2. The average molecular weight is 419 g/mol. The Balaban J connectivity index is 1.41. The van der Waals surface area contributed by atoms with Gasteiger partial charge in [0.05, 0.1) is 6.61 Å². The van der Waals surface area contributed by atoms with Crippen LogP contribution in [0, 0.1) is 5.92 Å². The second-order valence-corrected chi connectivity index (χ2v) is 7.70. The fraction of sp³-hybridized carbons (Fsp3) is 0.308. The van der Waals surface area contributed by atoms with Gasteiger partial charge in [0.15, 0.2) is 0 Å². The van der Waals surface area contributed by atoms with Gasteiger partial charge in [-0.3, -0.25) is 9.59 Å². The van der Waals surface area contributed by atoms with Crippen LogP contribution < -0.4 is 15.4 Å². The molecular formula is C26H30N2O3. The summed E-state index contributed by atoms with van der Waals surface area (Å²) in [4.78, 5) is 24.2. The molecule has 0 radical (unpaired) electrons. The van der Waals surface area contributed by atoms with Crippen molar-refractivity contribution < 1.29 is 14.3 Å². The first kappa shape index (κ1) is 22.3. The van der Waals surface area contributed by atoms with E-state index in [0.717, 1.165) is 34.2 Å². The topological polar surface area (TPSA) is 67.4 Å². The van der Waals surface area contributed by atoms with Gasteiger partial charge in [0.25, 0.3) is 0 Å². The number of hydrogen-bond acceptors (Lipinski definition) is 3. The van der Waals surface area contributed by atoms with Crippen LogP contribution in [-0.2, 0) is 16.1 Å². The summed E-state index contributed by atoms with van der Waals surface area (Å²) in [7, 11) is 0. The molecule has 0 spiro atoms. The second-order valence-electron chi connectivity index (χ2n) is 7.70. The van der Waals surface area contributed by atoms with E-state index in [1.165, 1.54) is 0 Å². The van der Waals surface area contributed by atoms with Gasteiger partial charge in [-0.1, -0.05) is 62.4 Å². The lowest BCUT2D eigenvalue weighted by atomic mass is 10.1. The van der Waals surface area contributed by atoms with Crippen LogP contribution >= 0.6 is 0 Å². The molecule has 1 unspecified atom stereocenters. The Bertz CT molecular complexity index is 1030. The van der Waals surface area contributed by atoms with E-state index in [1.54, 1.807) is 0 Å². The molecule has 2 N–H and O–H groups in total. The number of carbonyl (C=O) groups is 2. The molecule has 0 aliphatic carbocycles. The van der Waals surface area contributed by atoms with Crippen molar-refractivity contribution in [1.29, 1.82) is 0 Å². The Labute approximate surface area is 183 Å². The molecule has 5 nitrogen and oxygen atoms in total. The van der Waals surface area contributed by atoms with Gasteiger partial charge >= 0.3 is 0 Å². The van der Waals surface area contributed by atoms with E-state index in [1.807, 2.05) is 68.4 Å². The molecule has 0 bridgehead atoms. The molecule has 0 heterocycles. The van der Waals surface area contributed by atoms with Gasteiger partial charge < -0.3 is 15.4 Å². The van der Waals surface area contributed by atoms with Gasteiger partial charge in [-0.15, -0.1) is 0 Å². The summed E-state index contributed by atoms with van der Waals surface area (Å²) in [6, 6.07) is 21.6. The summed E-state index contributed by atoms with van der Waals surface area (Å²) in [5, 5.41) is 8.07. The van der Waals surface area contributed by atoms with Crippen LogP contribution in [0.25, 0.3) is 10.8 Å². The highest BCUT2D eigenvalue weighted by Crippen LogP contribution is 2.25. The van der Waals surface area contributed by atoms with E-state index in [4.69, 9.17) is 4.74 Å². The number of hydrogen-bond donors (Lipinski definition) is 2. The zero-order chi connectivity index (χ0) is 22.1. The summed E-state index contributed by atoms with van der Waals surface area (Å²) < 4.78 is 5.89. The lowest BCUT2D eigenvalue weighted by Gasteiger charge is -2.12. The maximum atomic E-state index is 12.2. The molecular weight excluding hydrogens is 388 g/mol. The van der Waals surface area contributed by atoms with Crippen molar-refractivity contribution in [3.63, 3.8) is 0 Å². The van der Waals surface area contributed by atoms with E-state index < -0.39 is 0 Å². The van der Waals surface area contributed by atoms with Gasteiger partial charge in [-0.2, -0.15) is 0 Å². The summed E-state index contributed by atoms with van der Waals surface area (Å²) >= 11 is 0. The Kier molecular flexibility index (Phi) is 8.05. The molecule has 2 amide bonds. The van der Waals surface area contributed by atoms with Crippen molar-refractivity contribution in [2.45, 2.75) is 39.7 Å². The Hall–Kier alpha value is -3.34. The molecule has 0 aromatic heterocycles. The summed E-state index contributed by atoms with van der Waals surface area (Å²) in [6.45, 7) is 4.81. The van der Waals surface area contributed by atoms with Gasteiger partial charge in [0, 0.05) is 30.0 Å². The molecule has 0 fully saturated rings. The predicted molar refractivity (Wildman–Crippen MR) is 125 cm³/mol. The minimum Gasteiger partial charge on any atom is -0.493 e. The van der Waals surface area contributed by atoms with Crippen LogP contribution in [0.5, 0.6) is 5.75 Å². The summed E-state index contributed by atoms with van der Waals surface area (Å²) in [6.07, 6.45) is 1.83. The Morgan fingerprint density at radius 2 is 1.77 bits per heavy atom. The number of carbonyl (C=O) groups excluding carboxylic acids is 2. The monoisotopic (exact) mass is 418 g/mol. The van der Waals surface area contributed by atoms with Gasteiger partial charge in [-0.05, 0) is 42.0 Å². The lowest BCUT2D eigenvalue weighted by molar-refractivity contribution is -0.121. The average Bonchev–Trinajstić information content (AvgIpc) is 2.80. The van der Waals surface area contributed by atoms with Gasteiger partial charge in [0.1, 0.15) is 5.75 Å². The van der Waals surface area contributed by atoms with Gasteiger partial charge in [0.2, 0.25) is 11.8 Å². The van der Waals surface area contributed by atoms with E-state index in [0.29, 0.717) is 26.0 Å². The smallest absolute Gasteiger partial charge is 0.227 e. The third kappa shape index (κ3) is 6.57. The normalized spacial score (nSPS) is 11.7. The number of fused-ring (bicyclic) bond motifs is 1. The standard InChI is InChI=1S/C26H30N2O3/c1-3-19(2)26(30)28-22-12-6-9-20(17-22)18-27-25(29)15-8-16-31-24-14-7-11-21-10-4-5-13-23(21)24/h4-7,9-14,17,19H,3,8,15-16,18H2,1-2H3,(H,27,29)(H,28,30). The lowest BCUT2D eigenvalue weighted by Crippen LogP contribution is -2.23. The minimum atomic E-state index is -0.0283. The van der Waals surface area contributed by atoms with Crippen molar-refractivity contribution in [3.05, 3.63) is 72.3 Å². The third-order valence-electron chi connectivity index (χ3n) is 5.30. The number of amides is 2. The van der Waals surface area contributed by atoms with Crippen molar-refractivity contribution in [1.82, 2.24) is 5.32 Å². The highest BCUT2D eigenvalue weighted by Gasteiger charge is 2.11. The highest BCUT2D eigenvalue weighted by molar-refractivity contribution is 5.92. The van der Waals surface area contributed by atoms with Crippen LogP contribution in [0.2, 0.25) is 0 Å². The largest absolute Gasteiger partial charge is 0.493 e. The van der Waals surface area contributed by atoms with Crippen LogP contribution in [0.15, 0.2) is 66.7 Å². The van der Waals surface area contributed by atoms with Crippen molar-refractivity contribution in [3.8, 4) is 5.75 Å². The number of nitrogens with one attached hydrogen (secondary N) is 2. The molecule has 0 aliphatic rings. The van der Waals surface area contributed by atoms with Crippen molar-refractivity contribution in [2.24, 2.45) is 5.92 Å². The predicted octanol–water partition coefficient (Wildman–Crippen LogP) is 5.30. The maximum Gasteiger partial charge on any atom is 0.227 e. The first-order valence-electron chi connectivity index (χ1n) is 10.8.